The Kier molecular flexibility index (Phi) is 4.56. The van der Waals surface area contributed by atoms with Crippen LogP contribution in [-0.4, -0.2) is 29.1 Å². The molecule has 1 atom stereocenters. The van der Waals surface area contributed by atoms with E-state index >= 15 is 0 Å². The van der Waals surface area contributed by atoms with Crippen LogP contribution in [0.15, 0.2) is 42.7 Å². The van der Waals surface area contributed by atoms with Crippen molar-refractivity contribution in [3.05, 3.63) is 48.3 Å². The number of piperidine rings is 1. The molecule has 0 aliphatic carbocycles. The Morgan fingerprint density at radius 3 is 2.55 bits per heavy atom. The van der Waals surface area contributed by atoms with Gasteiger partial charge >= 0.3 is 0 Å². The predicted octanol–water partition coefficient (Wildman–Crippen LogP) is 3.68. The van der Waals surface area contributed by atoms with Gasteiger partial charge in [-0.1, -0.05) is 26.0 Å². The molecule has 2 heterocycles. The van der Waals surface area contributed by atoms with Crippen molar-refractivity contribution in [3.63, 3.8) is 0 Å². The molecule has 1 aromatic carbocycles. The molecular weight excluding hydrogens is 272 g/mol. The topological polar surface area (TPSA) is 41.0 Å². The number of hydrogen-bond donors (Lipinski definition) is 1. The van der Waals surface area contributed by atoms with Crippen molar-refractivity contribution in [2.75, 3.05) is 23.3 Å². The fraction of sp³-hybridized carbons (Fsp3) is 0.444. The van der Waals surface area contributed by atoms with E-state index in [-0.39, 0.29) is 0 Å². The van der Waals surface area contributed by atoms with Crippen LogP contribution in [0.2, 0.25) is 0 Å². The number of nitrogens with one attached hydrogen (secondary N) is 1. The van der Waals surface area contributed by atoms with E-state index in [0.29, 0.717) is 12.0 Å². The first-order chi connectivity index (χ1) is 10.7. The highest BCUT2D eigenvalue weighted by molar-refractivity contribution is 5.46. The Morgan fingerprint density at radius 2 is 1.86 bits per heavy atom. The molecule has 4 nitrogen and oxygen atoms in total. The zero-order chi connectivity index (χ0) is 15.4. The average molecular weight is 296 g/mol. The van der Waals surface area contributed by atoms with Crippen LogP contribution in [0.1, 0.15) is 38.2 Å². The van der Waals surface area contributed by atoms with E-state index in [4.69, 9.17) is 0 Å². The van der Waals surface area contributed by atoms with E-state index in [2.05, 4.69) is 58.3 Å². The summed E-state index contributed by atoms with van der Waals surface area (Å²) in [6.45, 7) is 6.44. The lowest BCUT2D eigenvalue weighted by Crippen LogP contribution is -2.42. The zero-order valence-corrected chi connectivity index (χ0v) is 13.4. The highest BCUT2D eigenvalue weighted by Crippen LogP contribution is 2.21. The maximum absolute atomic E-state index is 4.36. The number of nitrogens with zero attached hydrogens (tertiary/aromatic N) is 3. The molecule has 116 valence electrons. The Morgan fingerprint density at radius 1 is 1.14 bits per heavy atom. The molecule has 0 saturated carbocycles. The number of anilines is 2. The first-order valence-electron chi connectivity index (χ1n) is 8.11. The van der Waals surface area contributed by atoms with Gasteiger partial charge in [-0.3, -0.25) is 0 Å². The molecule has 2 aromatic rings. The molecule has 1 N–H and O–H groups in total. The minimum atomic E-state index is 0.447. The molecule has 1 saturated heterocycles. The fourth-order valence-corrected chi connectivity index (χ4v) is 2.93. The van der Waals surface area contributed by atoms with Crippen LogP contribution < -0.4 is 10.2 Å². The number of rotatable bonds is 4. The van der Waals surface area contributed by atoms with Gasteiger partial charge in [-0.2, -0.15) is 0 Å². The summed E-state index contributed by atoms with van der Waals surface area (Å²) >= 11 is 0. The standard InChI is InChI=1S/C18H24N4/c1-14(2)15-6-8-16(9-7-15)21-17-5-3-12-22(13-17)18-19-10-4-11-20-18/h4,6-11,14,17,21H,3,5,12-13H2,1-2H3/t17-/m1/s1. The van der Waals surface area contributed by atoms with Gasteiger partial charge in [-0.25, -0.2) is 9.97 Å². The Hall–Kier alpha value is -2.10. The lowest BCUT2D eigenvalue weighted by molar-refractivity contribution is 0.523. The van der Waals surface area contributed by atoms with Crippen molar-refractivity contribution in [1.82, 2.24) is 9.97 Å². The number of benzene rings is 1. The van der Waals surface area contributed by atoms with Crippen LogP contribution in [0.3, 0.4) is 0 Å². The normalized spacial score (nSPS) is 18.5. The van der Waals surface area contributed by atoms with Crippen molar-refractivity contribution in [2.45, 2.75) is 38.6 Å². The zero-order valence-electron chi connectivity index (χ0n) is 13.4. The summed E-state index contributed by atoms with van der Waals surface area (Å²) in [6.07, 6.45) is 5.98. The van der Waals surface area contributed by atoms with Crippen LogP contribution in [0.4, 0.5) is 11.6 Å². The van der Waals surface area contributed by atoms with Crippen molar-refractivity contribution < 1.29 is 0 Å². The van der Waals surface area contributed by atoms with Gasteiger partial charge < -0.3 is 10.2 Å². The van der Waals surface area contributed by atoms with E-state index in [1.54, 1.807) is 0 Å². The first kappa shape index (κ1) is 14.8. The molecule has 0 bridgehead atoms. The van der Waals surface area contributed by atoms with Gasteiger partial charge in [0.1, 0.15) is 0 Å². The van der Waals surface area contributed by atoms with Crippen LogP contribution in [0, 0.1) is 0 Å². The van der Waals surface area contributed by atoms with E-state index < -0.39 is 0 Å². The molecule has 0 unspecified atom stereocenters. The Balaban J connectivity index is 1.63. The van der Waals surface area contributed by atoms with Crippen molar-refractivity contribution in [1.29, 1.82) is 0 Å². The molecular formula is C18H24N4. The van der Waals surface area contributed by atoms with Crippen molar-refractivity contribution >= 4 is 11.6 Å². The summed E-state index contributed by atoms with van der Waals surface area (Å²) in [6, 6.07) is 11.1. The fourth-order valence-electron chi connectivity index (χ4n) is 2.93. The lowest BCUT2D eigenvalue weighted by Gasteiger charge is -2.33. The lowest BCUT2D eigenvalue weighted by atomic mass is 10.0. The van der Waals surface area contributed by atoms with Crippen molar-refractivity contribution in [3.8, 4) is 0 Å². The van der Waals surface area contributed by atoms with Gasteiger partial charge in [0.2, 0.25) is 5.95 Å². The molecule has 0 amide bonds. The SMILES string of the molecule is CC(C)c1ccc(N[C@@H]2CCCN(c3ncccn3)C2)cc1. The summed E-state index contributed by atoms with van der Waals surface area (Å²) in [4.78, 5) is 11.0. The second-order valence-electron chi connectivity index (χ2n) is 6.26. The molecule has 4 heteroatoms. The second kappa shape index (κ2) is 6.77. The number of hydrogen-bond acceptors (Lipinski definition) is 4. The molecule has 1 aliphatic rings. The maximum atomic E-state index is 4.36. The number of aromatic nitrogens is 2. The maximum Gasteiger partial charge on any atom is 0.225 e. The smallest absolute Gasteiger partial charge is 0.225 e. The highest BCUT2D eigenvalue weighted by Gasteiger charge is 2.21. The minimum Gasteiger partial charge on any atom is -0.381 e. The molecule has 1 aliphatic heterocycles. The van der Waals surface area contributed by atoms with E-state index in [0.717, 1.165) is 19.0 Å². The van der Waals surface area contributed by atoms with E-state index in [1.807, 2.05) is 18.5 Å². The van der Waals surface area contributed by atoms with Gasteiger partial charge in [0.25, 0.3) is 0 Å². The van der Waals surface area contributed by atoms with Crippen LogP contribution in [-0.2, 0) is 0 Å². The summed E-state index contributed by atoms with van der Waals surface area (Å²) in [5.41, 5.74) is 2.58. The molecule has 1 aromatic heterocycles. The van der Waals surface area contributed by atoms with Gasteiger partial charge in [-0.05, 0) is 42.5 Å². The van der Waals surface area contributed by atoms with Gasteiger partial charge in [-0.15, -0.1) is 0 Å². The first-order valence-corrected chi connectivity index (χ1v) is 8.11. The quantitative estimate of drug-likeness (QED) is 0.934. The monoisotopic (exact) mass is 296 g/mol. The van der Waals surface area contributed by atoms with E-state index in [1.165, 1.54) is 24.1 Å². The van der Waals surface area contributed by atoms with Gasteiger partial charge in [0.15, 0.2) is 0 Å². The van der Waals surface area contributed by atoms with Crippen LogP contribution in [0.25, 0.3) is 0 Å². The van der Waals surface area contributed by atoms with Gasteiger partial charge in [0.05, 0.1) is 0 Å². The van der Waals surface area contributed by atoms with Gasteiger partial charge in [0, 0.05) is 37.2 Å². The largest absolute Gasteiger partial charge is 0.381 e. The molecule has 22 heavy (non-hydrogen) atoms. The minimum absolute atomic E-state index is 0.447. The Labute approximate surface area is 132 Å². The average Bonchev–Trinajstić information content (AvgIpc) is 2.56. The molecule has 3 rings (SSSR count). The van der Waals surface area contributed by atoms with E-state index in [9.17, 15) is 0 Å². The van der Waals surface area contributed by atoms with Crippen LogP contribution in [0.5, 0.6) is 0 Å². The summed E-state index contributed by atoms with van der Waals surface area (Å²) in [5, 5.41) is 3.65. The second-order valence-corrected chi connectivity index (χ2v) is 6.26. The summed E-state index contributed by atoms with van der Waals surface area (Å²) < 4.78 is 0. The summed E-state index contributed by atoms with van der Waals surface area (Å²) in [7, 11) is 0. The summed E-state index contributed by atoms with van der Waals surface area (Å²) in [5.74, 6) is 1.42. The highest BCUT2D eigenvalue weighted by atomic mass is 15.3. The van der Waals surface area contributed by atoms with Crippen molar-refractivity contribution in [2.24, 2.45) is 0 Å². The third kappa shape index (κ3) is 3.56. The third-order valence-electron chi connectivity index (χ3n) is 4.20. The molecule has 0 radical (unpaired) electrons. The predicted molar refractivity (Wildman–Crippen MR) is 91.4 cm³/mol. The molecule has 0 spiro atoms. The molecule has 1 fully saturated rings. The van der Waals surface area contributed by atoms with Crippen LogP contribution >= 0.6 is 0 Å². The Bertz CT molecular complexity index is 580. The third-order valence-corrected chi connectivity index (χ3v) is 4.20.